The fourth-order valence-corrected chi connectivity index (χ4v) is 2.60. The fourth-order valence-electron chi connectivity index (χ4n) is 2.60. The summed E-state index contributed by atoms with van der Waals surface area (Å²) in [5.41, 5.74) is 0. The molecule has 0 saturated carbocycles. The maximum Gasteiger partial charge on any atom is 0.209 e. The van der Waals surface area contributed by atoms with Crippen molar-refractivity contribution in [2.45, 2.75) is 58.4 Å². The lowest BCUT2D eigenvalue weighted by atomic mass is 10.0. The van der Waals surface area contributed by atoms with Crippen molar-refractivity contribution in [2.75, 3.05) is 26.2 Å². The van der Waals surface area contributed by atoms with E-state index in [1.165, 1.54) is 38.5 Å². The summed E-state index contributed by atoms with van der Waals surface area (Å²) in [6.07, 6.45) is 8.90. The van der Waals surface area contributed by atoms with Crippen molar-refractivity contribution in [3.63, 3.8) is 0 Å². The molecule has 3 nitrogen and oxygen atoms in total. The molecule has 0 bridgehead atoms. The first-order valence-corrected chi connectivity index (χ1v) is 7.25. The Kier molecular flexibility index (Phi) is 7.25. The maximum atomic E-state index is 10.7. The molecule has 1 heterocycles. The van der Waals surface area contributed by atoms with Gasteiger partial charge in [0.1, 0.15) is 0 Å². The average molecular weight is 240 g/mol. The number of nitrogens with zero attached hydrogens (tertiary/aromatic N) is 2. The second-order valence-electron chi connectivity index (χ2n) is 5.12. The van der Waals surface area contributed by atoms with Crippen molar-refractivity contribution in [1.82, 2.24) is 9.80 Å². The number of amides is 1. The van der Waals surface area contributed by atoms with Gasteiger partial charge in [0.2, 0.25) is 6.41 Å². The van der Waals surface area contributed by atoms with Gasteiger partial charge in [0.05, 0.1) is 0 Å². The van der Waals surface area contributed by atoms with E-state index in [-0.39, 0.29) is 0 Å². The molecule has 1 saturated heterocycles. The molecule has 0 N–H and O–H groups in total. The highest BCUT2D eigenvalue weighted by Gasteiger charge is 2.22. The van der Waals surface area contributed by atoms with Crippen LogP contribution in [0.1, 0.15) is 52.4 Å². The van der Waals surface area contributed by atoms with Gasteiger partial charge in [0.15, 0.2) is 0 Å². The van der Waals surface area contributed by atoms with Gasteiger partial charge in [-0.05, 0) is 12.8 Å². The van der Waals surface area contributed by atoms with Crippen molar-refractivity contribution in [1.29, 1.82) is 0 Å². The van der Waals surface area contributed by atoms with Crippen LogP contribution >= 0.6 is 0 Å². The highest BCUT2D eigenvalue weighted by molar-refractivity contribution is 5.47. The van der Waals surface area contributed by atoms with Gasteiger partial charge >= 0.3 is 0 Å². The molecule has 1 rings (SSSR count). The fraction of sp³-hybridized carbons (Fsp3) is 0.929. The van der Waals surface area contributed by atoms with Crippen molar-refractivity contribution in [2.24, 2.45) is 0 Å². The lowest BCUT2D eigenvalue weighted by Crippen LogP contribution is -2.49. The topological polar surface area (TPSA) is 23.6 Å². The molecule has 0 spiro atoms. The molecule has 0 aromatic carbocycles. The summed E-state index contributed by atoms with van der Waals surface area (Å²) in [5, 5.41) is 0. The van der Waals surface area contributed by atoms with Gasteiger partial charge in [0, 0.05) is 32.2 Å². The largest absolute Gasteiger partial charge is 0.343 e. The summed E-state index contributed by atoms with van der Waals surface area (Å²) >= 11 is 0. The molecular weight excluding hydrogens is 212 g/mol. The van der Waals surface area contributed by atoms with Crippen LogP contribution in [0.25, 0.3) is 0 Å². The van der Waals surface area contributed by atoms with Crippen LogP contribution in [0.2, 0.25) is 0 Å². The molecule has 1 aliphatic heterocycles. The highest BCUT2D eigenvalue weighted by atomic mass is 16.1. The summed E-state index contributed by atoms with van der Waals surface area (Å²) in [5.74, 6) is 0. The van der Waals surface area contributed by atoms with Gasteiger partial charge < -0.3 is 4.90 Å². The van der Waals surface area contributed by atoms with E-state index in [0.29, 0.717) is 0 Å². The van der Waals surface area contributed by atoms with E-state index in [2.05, 4.69) is 18.7 Å². The van der Waals surface area contributed by atoms with Gasteiger partial charge in [-0.3, -0.25) is 9.69 Å². The minimum atomic E-state index is 0.753. The third-order valence-electron chi connectivity index (χ3n) is 3.80. The van der Waals surface area contributed by atoms with Crippen LogP contribution in [0.15, 0.2) is 0 Å². The van der Waals surface area contributed by atoms with Crippen molar-refractivity contribution < 1.29 is 4.79 Å². The standard InChI is InChI=1S/C14H28N2O/c1-3-5-7-14(8-6-4-2)16-11-9-15(13-17)10-12-16/h13-14H,3-12H2,1-2H3. The summed E-state index contributed by atoms with van der Waals surface area (Å²) in [7, 11) is 0. The van der Waals surface area contributed by atoms with Crippen LogP contribution in [-0.2, 0) is 4.79 Å². The van der Waals surface area contributed by atoms with E-state index in [1.807, 2.05) is 4.90 Å². The van der Waals surface area contributed by atoms with E-state index in [4.69, 9.17) is 0 Å². The molecule has 0 aromatic heterocycles. The minimum absolute atomic E-state index is 0.753. The molecule has 0 atom stereocenters. The molecule has 0 radical (unpaired) electrons. The van der Waals surface area contributed by atoms with E-state index < -0.39 is 0 Å². The summed E-state index contributed by atoms with van der Waals surface area (Å²) in [6.45, 7) is 8.49. The third kappa shape index (κ3) is 5.07. The van der Waals surface area contributed by atoms with E-state index >= 15 is 0 Å². The summed E-state index contributed by atoms with van der Waals surface area (Å²) < 4.78 is 0. The Hall–Kier alpha value is -0.570. The summed E-state index contributed by atoms with van der Waals surface area (Å²) in [4.78, 5) is 15.2. The van der Waals surface area contributed by atoms with E-state index in [1.54, 1.807) is 0 Å². The van der Waals surface area contributed by atoms with Crippen molar-refractivity contribution >= 4 is 6.41 Å². The van der Waals surface area contributed by atoms with Crippen molar-refractivity contribution in [3.8, 4) is 0 Å². The van der Waals surface area contributed by atoms with Crippen LogP contribution in [0, 0.1) is 0 Å². The number of piperazine rings is 1. The first-order valence-electron chi connectivity index (χ1n) is 7.25. The van der Waals surface area contributed by atoms with Gasteiger partial charge in [-0.2, -0.15) is 0 Å². The Morgan fingerprint density at radius 3 is 1.94 bits per heavy atom. The predicted octanol–water partition coefficient (Wildman–Crippen LogP) is 2.51. The van der Waals surface area contributed by atoms with Crippen LogP contribution in [-0.4, -0.2) is 48.4 Å². The van der Waals surface area contributed by atoms with Crippen LogP contribution in [0.5, 0.6) is 0 Å². The van der Waals surface area contributed by atoms with Gasteiger partial charge in [0.25, 0.3) is 0 Å². The number of hydrogen-bond acceptors (Lipinski definition) is 2. The summed E-state index contributed by atoms with van der Waals surface area (Å²) in [6, 6.07) is 0.753. The molecule has 0 aliphatic carbocycles. The highest BCUT2D eigenvalue weighted by Crippen LogP contribution is 2.17. The number of rotatable bonds is 8. The van der Waals surface area contributed by atoms with E-state index in [0.717, 1.165) is 38.6 Å². The molecule has 0 aromatic rings. The molecule has 1 fully saturated rings. The zero-order valence-electron chi connectivity index (χ0n) is 11.5. The van der Waals surface area contributed by atoms with Crippen LogP contribution in [0.3, 0.4) is 0 Å². The zero-order valence-corrected chi connectivity index (χ0v) is 11.5. The molecule has 3 heteroatoms. The van der Waals surface area contributed by atoms with Crippen LogP contribution < -0.4 is 0 Å². The normalized spacial score (nSPS) is 17.7. The molecule has 100 valence electrons. The number of carbonyl (C=O) groups excluding carboxylic acids is 1. The second kappa shape index (κ2) is 8.51. The SMILES string of the molecule is CCCCC(CCCC)N1CCN(C=O)CC1. The lowest BCUT2D eigenvalue weighted by molar-refractivity contribution is -0.120. The Balaban J connectivity index is 2.37. The third-order valence-corrected chi connectivity index (χ3v) is 3.80. The minimum Gasteiger partial charge on any atom is -0.343 e. The van der Waals surface area contributed by atoms with Crippen LogP contribution in [0.4, 0.5) is 0 Å². The quantitative estimate of drug-likeness (QED) is 0.609. The molecule has 1 aliphatic rings. The number of unbranched alkanes of at least 4 members (excludes halogenated alkanes) is 2. The molecule has 0 unspecified atom stereocenters. The Morgan fingerprint density at radius 2 is 1.53 bits per heavy atom. The first-order chi connectivity index (χ1) is 8.31. The lowest BCUT2D eigenvalue weighted by Gasteiger charge is -2.38. The molecular formula is C14H28N2O. The van der Waals surface area contributed by atoms with E-state index in [9.17, 15) is 4.79 Å². The monoisotopic (exact) mass is 240 g/mol. The van der Waals surface area contributed by atoms with Gasteiger partial charge in [-0.1, -0.05) is 39.5 Å². The second-order valence-corrected chi connectivity index (χ2v) is 5.12. The Morgan fingerprint density at radius 1 is 1.00 bits per heavy atom. The zero-order chi connectivity index (χ0) is 12.5. The molecule has 1 amide bonds. The predicted molar refractivity (Wildman–Crippen MR) is 72.0 cm³/mol. The Bertz CT molecular complexity index is 192. The van der Waals surface area contributed by atoms with Gasteiger partial charge in [-0.15, -0.1) is 0 Å². The number of carbonyl (C=O) groups is 1. The maximum absolute atomic E-state index is 10.7. The first kappa shape index (κ1) is 14.5. The smallest absolute Gasteiger partial charge is 0.209 e. The average Bonchev–Trinajstić information content (AvgIpc) is 2.39. The van der Waals surface area contributed by atoms with Crippen molar-refractivity contribution in [3.05, 3.63) is 0 Å². The number of hydrogen-bond donors (Lipinski definition) is 0. The van der Waals surface area contributed by atoms with Gasteiger partial charge in [-0.25, -0.2) is 0 Å². The Labute approximate surface area is 106 Å². The molecule has 17 heavy (non-hydrogen) atoms.